The van der Waals surface area contributed by atoms with Crippen LogP contribution in [0.2, 0.25) is 0 Å². The molecular formula is C34H43N7O3. The number of nitrogens with two attached hydrogens (primary N) is 2. The molecule has 3 fully saturated rings. The first-order valence-corrected chi connectivity index (χ1v) is 15.9. The number of rotatable bonds is 9. The van der Waals surface area contributed by atoms with E-state index >= 15 is 0 Å². The van der Waals surface area contributed by atoms with Crippen molar-refractivity contribution >= 4 is 28.5 Å². The number of hydrogen-bond acceptors (Lipinski definition) is 6. The molecule has 1 saturated carbocycles. The number of hydrogen-bond donors (Lipinski definition) is 2. The van der Waals surface area contributed by atoms with E-state index in [1.165, 1.54) is 12.8 Å². The predicted molar refractivity (Wildman–Crippen MR) is 170 cm³/mol. The van der Waals surface area contributed by atoms with Gasteiger partial charge in [0.15, 0.2) is 5.88 Å². The molecule has 0 unspecified atom stereocenters. The van der Waals surface area contributed by atoms with Gasteiger partial charge in [0, 0.05) is 52.8 Å². The standard InChI is InChI=1S/C34H43N7O3/c1-18(16-34(3,4)33(36)43)25-10-8-21-12-27(39(31(21)37-25)17-20-6-7-20)30-19(2)40-28(38-30)13-22(14-29(40)44-5)32(42)41-23-9-11-26(41)24(35)15-23/h8,10,12-14,18,20,23-24,26H,6-7,9,11,15-17,35H2,1-5H3,(H2,36,43)/t18-,23+,24-,26-/m1/s1. The highest BCUT2D eigenvalue weighted by molar-refractivity contribution is 5.97. The highest BCUT2D eigenvalue weighted by Gasteiger charge is 2.47. The number of carbonyl (C=O) groups excluding carboxylic acids is 2. The minimum atomic E-state index is -0.621. The average Bonchev–Trinajstić information content (AvgIpc) is 3.31. The molecule has 2 bridgehead atoms. The molecule has 10 nitrogen and oxygen atoms in total. The molecule has 7 rings (SSSR count). The Balaban J connectivity index is 1.31. The first-order chi connectivity index (χ1) is 21.0. The lowest BCUT2D eigenvalue weighted by Crippen LogP contribution is -2.40. The van der Waals surface area contributed by atoms with Crippen LogP contribution in [-0.2, 0) is 11.3 Å². The summed E-state index contributed by atoms with van der Waals surface area (Å²) in [6.45, 7) is 8.80. The zero-order chi connectivity index (χ0) is 31.1. The summed E-state index contributed by atoms with van der Waals surface area (Å²) < 4.78 is 10.1. The molecule has 4 aromatic rings. The molecule has 10 heteroatoms. The van der Waals surface area contributed by atoms with Crippen LogP contribution in [0.5, 0.6) is 5.88 Å². The lowest BCUT2D eigenvalue weighted by atomic mass is 9.81. The minimum absolute atomic E-state index is 0.00154. The zero-order valence-electron chi connectivity index (χ0n) is 26.3. The summed E-state index contributed by atoms with van der Waals surface area (Å²) in [5.74, 6) is 0.950. The van der Waals surface area contributed by atoms with E-state index in [-0.39, 0.29) is 35.9 Å². The minimum Gasteiger partial charge on any atom is -0.482 e. The lowest BCUT2D eigenvalue weighted by molar-refractivity contribution is -0.126. The van der Waals surface area contributed by atoms with Crippen LogP contribution in [0.4, 0.5) is 0 Å². The van der Waals surface area contributed by atoms with Gasteiger partial charge in [-0.15, -0.1) is 0 Å². The normalized spacial score (nSPS) is 22.3. The molecule has 3 aliphatic rings. The number of carbonyl (C=O) groups is 2. The van der Waals surface area contributed by atoms with Gasteiger partial charge in [0.2, 0.25) is 5.91 Å². The van der Waals surface area contributed by atoms with Crippen molar-refractivity contribution in [2.24, 2.45) is 22.8 Å². The number of primary amides is 1. The van der Waals surface area contributed by atoms with Crippen LogP contribution in [0, 0.1) is 18.3 Å². The third-order valence-electron chi connectivity index (χ3n) is 10.3. The van der Waals surface area contributed by atoms with Crippen LogP contribution in [0.15, 0.2) is 30.3 Å². The maximum Gasteiger partial charge on any atom is 0.254 e. The van der Waals surface area contributed by atoms with Gasteiger partial charge < -0.3 is 25.7 Å². The quantitative estimate of drug-likeness (QED) is 0.285. The smallest absolute Gasteiger partial charge is 0.254 e. The number of nitrogens with zero attached hydrogens (tertiary/aromatic N) is 5. The monoisotopic (exact) mass is 597 g/mol. The summed E-state index contributed by atoms with van der Waals surface area (Å²) in [5, 5.41) is 1.05. The van der Waals surface area contributed by atoms with Crippen molar-refractivity contribution < 1.29 is 14.3 Å². The number of ether oxygens (including phenoxy) is 1. The van der Waals surface area contributed by atoms with Gasteiger partial charge in [-0.05, 0) is 81.5 Å². The molecule has 232 valence electrons. The van der Waals surface area contributed by atoms with E-state index in [0.717, 1.165) is 59.6 Å². The van der Waals surface area contributed by atoms with E-state index < -0.39 is 5.41 Å². The van der Waals surface area contributed by atoms with Crippen molar-refractivity contribution in [2.75, 3.05) is 7.11 Å². The molecule has 0 aromatic carbocycles. The van der Waals surface area contributed by atoms with Gasteiger partial charge in [0.1, 0.15) is 17.0 Å². The second-order valence-corrected chi connectivity index (χ2v) is 14.0. The summed E-state index contributed by atoms with van der Waals surface area (Å²) in [5.41, 5.74) is 17.3. The van der Waals surface area contributed by atoms with E-state index in [4.69, 9.17) is 26.2 Å². The third kappa shape index (κ3) is 4.65. The number of imidazole rings is 1. The summed E-state index contributed by atoms with van der Waals surface area (Å²) >= 11 is 0. The number of methoxy groups -OCH3 is 1. The largest absolute Gasteiger partial charge is 0.482 e. The summed E-state index contributed by atoms with van der Waals surface area (Å²) in [4.78, 5) is 38.1. The van der Waals surface area contributed by atoms with Gasteiger partial charge in [0.05, 0.1) is 18.5 Å². The van der Waals surface area contributed by atoms with E-state index in [1.807, 2.05) is 42.2 Å². The van der Waals surface area contributed by atoms with E-state index in [0.29, 0.717) is 29.4 Å². The highest BCUT2D eigenvalue weighted by atomic mass is 16.5. The molecule has 0 spiro atoms. The van der Waals surface area contributed by atoms with E-state index in [9.17, 15) is 9.59 Å². The van der Waals surface area contributed by atoms with Crippen LogP contribution in [0.25, 0.3) is 28.1 Å². The molecule has 2 aliphatic heterocycles. The molecule has 4 atom stereocenters. The molecule has 2 saturated heterocycles. The number of fused-ring (bicyclic) bond motifs is 4. The van der Waals surface area contributed by atoms with Gasteiger partial charge in [-0.25, -0.2) is 9.97 Å². The topological polar surface area (TPSA) is 134 Å². The second-order valence-electron chi connectivity index (χ2n) is 14.0. The van der Waals surface area contributed by atoms with Gasteiger partial charge in [-0.2, -0.15) is 0 Å². The van der Waals surface area contributed by atoms with Gasteiger partial charge in [-0.3, -0.25) is 14.0 Å². The van der Waals surface area contributed by atoms with Crippen molar-refractivity contribution in [1.29, 1.82) is 0 Å². The van der Waals surface area contributed by atoms with Crippen LogP contribution in [0.3, 0.4) is 0 Å². The van der Waals surface area contributed by atoms with Crippen LogP contribution in [-0.4, -0.2) is 60.9 Å². The molecule has 44 heavy (non-hydrogen) atoms. The number of aryl methyl sites for hydroxylation is 1. The first kappa shape index (κ1) is 28.8. The Hall–Kier alpha value is -3.92. The number of pyridine rings is 2. The summed E-state index contributed by atoms with van der Waals surface area (Å²) in [7, 11) is 1.63. The SMILES string of the molecule is COc1cc(C(=O)N2[C@H]3CC[C@@H]2[C@H](N)C3)cc2nc(-c3cc4ccc([C@H](C)CC(C)(C)C(N)=O)nc4n3CC3CC3)c(C)n12. The van der Waals surface area contributed by atoms with Crippen molar-refractivity contribution in [3.05, 3.63) is 47.3 Å². The Kier molecular flexibility index (Phi) is 6.77. The Bertz CT molecular complexity index is 1800. The van der Waals surface area contributed by atoms with Crippen molar-refractivity contribution in [1.82, 2.24) is 23.8 Å². The first-order valence-electron chi connectivity index (χ1n) is 15.9. The molecule has 4 aromatic heterocycles. The Morgan fingerprint density at radius 2 is 1.89 bits per heavy atom. The average molecular weight is 598 g/mol. The van der Waals surface area contributed by atoms with Crippen LogP contribution < -0.4 is 16.2 Å². The lowest BCUT2D eigenvalue weighted by Gasteiger charge is -2.24. The van der Waals surface area contributed by atoms with Crippen LogP contribution >= 0.6 is 0 Å². The van der Waals surface area contributed by atoms with E-state index in [2.05, 4.69) is 29.7 Å². The zero-order valence-corrected chi connectivity index (χ0v) is 26.3. The maximum absolute atomic E-state index is 13.8. The fourth-order valence-electron chi connectivity index (χ4n) is 7.62. The van der Waals surface area contributed by atoms with Crippen molar-refractivity contribution in [3.63, 3.8) is 0 Å². The Morgan fingerprint density at radius 1 is 1.11 bits per heavy atom. The Morgan fingerprint density at radius 3 is 2.52 bits per heavy atom. The van der Waals surface area contributed by atoms with Gasteiger partial charge >= 0.3 is 0 Å². The molecule has 2 amide bonds. The van der Waals surface area contributed by atoms with Gasteiger partial charge in [0.25, 0.3) is 5.91 Å². The molecule has 1 aliphatic carbocycles. The fourth-order valence-corrected chi connectivity index (χ4v) is 7.62. The van der Waals surface area contributed by atoms with E-state index in [1.54, 1.807) is 7.11 Å². The van der Waals surface area contributed by atoms with Gasteiger partial charge in [-0.1, -0.05) is 20.8 Å². The Labute approximate surface area is 257 Å². The summed E-state index contributed by atoms with van der Waals surface area (Å²) in [6.07, 6.45) is 5.87. The molecule has 4 N–H and O–H groups in total. The highest BCUT2D eigenvalue weighted by Crippen LogP contribution is 2.40. The molecule has 6 heterocycles. The number of aromatic nitrogens is 4. The summed E-state index contributed by atoms with van der Waals surface area (Å²) in [6, 6.07) is 10.4. The maximum atomic E-state index is 13.8. The second kappa shape index (κ2) is 10.3. The van der Waals surface area contributed by atoms with Crippen molar-refractivity contribution in [2.45, 2.75) is 96.8 Å². The van der Waals surface area contributed by atoms with Crippen LogP contribution in [0.1, 0.15) is 87.0 Å². The van der Waals surface area contributed by atoms with Crippen molar-refractivity contribution in [3.8, 4) is 17.3 Å². The number of amides is 2. The molecular weight excluding hydrogens is 554 g/mol. The predicted octanol–water partition coefficient (Wildman–Crippen LogP) is 4.79. The molecule has 0 radical (unpaired) electrons. The third-order valence-corrected chi connectivity index (χ3v) is 10.3. The fraction of sp³-hybridized carbons (Fsp3) is 0.529.